The van der Waals surface area contributed by atoms with E-state index in [0.717, 1.165) is 36.3 Å². The number of hydrogen-bond donors (Lipinski definition) is 0. The highest BCUT2D eigenvalue weighted by Gasteiger charge is 2.51. The molecular weight excluding hydrogens is 496 g/mol. The number of nitrogens with zero attached hydrogens (tertiary/aromatic N) is 2. The summed E-state index contributed by atoms with van der Waals surface area (Å²) >= 11 is 7.40. The first kappa shape index (κ1) is 26.1. The van der Waals surface area contributed by atoms with Gasteiger partial charge in [-0.1, -0.05) is 30.3 Å². The summed E-state index contributed by atoms with van der Waals surface area (Å²) in [5.41, 5.74) is 1.09. The molecule has 4 bridgehead atoms. The van der Waals surface area contributed by atoms with Gasteiger partial charge in [0.05, 0.1) is 18.7 Å². The van der Waals surface area contributed by atoms with Crippen LogP contribution in [0.4, 0.5) is 5.69 Å². The first-order valence-electron chi connectivity index (χ1n) is 13.5. The van der Waals surface area contributed by atoms with E-state index < -0.39 is 5.25 Å². The van der Waals surface area contributed by atoms with Gasteiger partial charge in [0.25, 0.3) is 0 Å². The molecule has 5 aliphatic rings. The molecule has 1 heterocycles. The monoisotopic (exact) mass is 532 g/mol. The molecule has 0 aromatic heterocycles. The summed E-state index contributed by atoms with van der Waals surface area (Å²) in [7, 11) is 0. The van der Waals surface area contributed by atoms with Gasteiger partial charge in [-0.2, -0.15) is 0 Å². The third-order valence-corrected chi connectivity index (χ3v) is 9.72. The Balaban J connectivity index is 1.28. The molecule has 36 heavy (non-hydrogen) atoms. The Morgan fingerprint density at radius 2 is 1.75 bits per heavy atom. The number of amidine groups is 1. The van der Waals surface area contributed by atoms with Crippen molar-refractivity contribution in [2.45, 2.75) is 70.0 Å². The first-order valence-corrected chi connectivity index (χ1v) is 14.7. The van der Waals surface area contributed by atoms with Gasteiger partial charge in [0, 0.05) is 18.2 Å². The van der Waals surface area contributed by atoms with Gasteiger partial charge in [-0.25, -0.2) is 4.99 Å². The van der Waals surface area contributed by atoms with E-state index in [9.17, 15) is 9.59 Å². The highest BCUT2D eigenvalue weighted by Crippen LogP contribution is 2.61. The van der Waals surface area contributed by atoms with E-state index >= 15 is 0 Å². The molecule has 0 spiro atoms. The van der Waals surface area contributed by atoms with Crippen molar-refractivity contribution >= 4 is 46.1 Å². The predicted octanol–water partition coefficient (Wildman–Crippen LogP) is 6.24. The lowest BCUT2D eigenvalue weighted by Crippen LogP contribution is -2.49. The van der Waals surface area contributed by atoms with Gasteiger partial charge in [0.1, 0.15) is 11.9 Å². The predicted molar refractivity (Wildman–Crippen MR) is 144 cm³/mol. The number of rotatable bonds is 10. The molecule has 0 radical (unpaired) electrons. The van der Waals surface area contributed by atoms with E-state index in [1.54, 1.807) is 12.1 Å². The van der Waals surface area contributed by atoms with E-state index in [2.05, 4.69) is 0 Å². The van der Waals surface area contributed by atoms with E-state index in [1.165, 1.54) is 50.3 Å². The Morgan fingerprint density at radius 3 is 2.39 bits per heavy atom. The SMILES string of the molecule is CCCOCCOC(=O)C1CC(=O)N(CCC23CC4CC(CC(C4)C2)C3)C(=Nc2ccc(Cl)cc2)S1. The quantitative estimate of drug-likeness (QED) is 0.263. The fourth-order valence-corrected chi connectivity index (χ4v) is 8.41. The van der Waals surface area contributed by atoms with Crippen LogP contribution in [0, 0.1) is 23.2 Å². The van der Waals surface area contributed by atoms with E-state index in [-0.39, 0.29) is 24.9 Å². The van der Waals surface area contributed by atoms with Crippen molar-refractivity contribution in [3.63, 3.8) is 0 Å². The Morgan fingerprint density at radius 1 is 1.08 bits per heavy atom. The zero-order chi connectivity index (χ0) is 25.1. The number of benzene rings is 1. The van der Waals surface area contributed by atoms with Gasteiger partial charge in [0.2, 0.25) is 5.91 Å². The number of carbonyl (C=O) groups is 2. The molecule has 196 valence electrons. The Hall–Kier alpha value is -1.57. The second-order valence-corrected chi connectivity index (χ2v) is 12.8. The molecule has 1 aliphatic heterocycles. The fourth-order valence-electron chi connectivity index (χ4n) is 7.16. The lowest BCUT2D eigenvalue weighted by atomic mass is 9.49. The van der Waals surface area contributed by atoms with Crippen molar-refractivity contribution in [3.05, 3.63) is 29.3 Å². The molecule has 5 fully saturated rings. The Kier molecular flexibility index (Phi) is 8.28. The smallest absolute Gasteiger partial charge is 0.320 e. The average molecular weight is 533 g/mol. The molecule has 1 atom stereocenters. The third kappa shape index (κ3) is 6.11. The summed E-state index contributed by atoms with van der Waals surface area (Å²) in [5.74, 6) is 2.22. The molecule has 1 amide bonds. The van der Waals surface area contributed by atoms with Crippen LogP contribution in [-0.2, 0) is 19.1 Å². The number of aliphatic imine (C=N–C) groups is 1. The summed E-state index contributed by atoms with van der Waals surface area (Å²) in [6, 6.07) is 7.26. The molecule has 6 nitrogen and oxygen atoms in total. The number of ether oxygens (including phenoxy) is 2. The highest BCUT2D eigenvalue weighted by atomic mass is 35.5. The van der Waals surface area contributed by atoms with E-state index in [0.29, 0.717) is 35.4 Å². The van der Waals surface area contributed by atoms with Crippen LogP contribution in [-0.4, -0.2) is 53.6 Å². The minimum atomic E-state index is -0.592. The average Bonchev–Trinajstić information content (AvgIpc) is 2.83. The van der Waals surface area contributed by atoms with Gasteiger partial charge in [0.15, 0.2) is 5.17 Å². The lowest BCUT2D eigenvalue weighted by molar-refractivity contribution is -0.146. The number of amides is 1. The molecule has 1 aromatic rings. The van der Waals surface area contributed by atoms with Gasteiger partial charge in [-0.15, -0.1) is 0 Å². The van der Waals surface area contributed by atoms with Crippen LogP contribution in [0.25, 0.3) is 0 Å². The maximum Gasteiger partial charge on any atom is 0.320 e. The highest BCUT2D eigenvalue weighted by molar-refractivity contribution is 8.15. The van der Waals surface area contributed by atoms with E-state index in [4.69, 9.17) is 26.1 Å². The largest absolute Gasteiger partial charge is 0.462 e. The summed E-state index contributed by atoms with van der Waals surface area (Å²) in [6.45, 7) is 3.91. The van der Waals surface area contributed by atoms with Crippen LogP contribution in [0.1, 0.15) is 64.7 Å². The Labute approximate surface area is 223 Å². The molecule has 6 rings (SSSR count). The van der Waals surface area contributed by atoms with Gasteiger partial charge < -0.3 is 9.47 Å². The number of halogens is 1. The second kappa shape index (κ2) is 11.4. The lowest BCUT2D eigenvalue weighted by Gasteiger charge is -2.57. The maximum atomic E-state index is 13.4. The summed E-state index contributed by atoms with van der Waals surface area (Å²) < 4.78 is 10.8. The summed E-state index contributed by atoms with van der Waals surface area (Å²) in [6.07, 6.45) is 10.3. The van der Waals surface area contributed by atoms with Crippen LogP contribution < -0.4 is 0 Å². The minimum absolute atomic E-state index is 0.0459. The second-order valence-electron chi connectivity index (χ2n) is 11.2. The Bertz CT molecular complexity index is 947. The summed E-state index contributed by atoms with van der Waals surface area (Å²) in [4.78, 5) is 32.8. The standard InChI is InChI=1S/C28H37ClN2O4S/c1-2-9-34-10-11-35-26(33)24-15-25(32)31(27(36-24)30-23-5-3-22(29)4-6-23)8-7-28-16-19-12-20(17-28)14-21(13-19)18-28/h3-6,19-21,24H,2,7-18H2,1H3. The van der Waals surface area contributed by atoms with E-state index in [1.807, 2.05) is 24.0 Å². The van der Waals surface area contributed by atoms with Crippen LogP contribution in [0.2, 0.25) is 5.02 Å². The molecule has 4 saturated carbocycles. The third-order valence-electron chi connectivity index (χ3n) is 8.31. The van der Waals surface area contributed by atoms with Crippen LogP contribution in [0.15, 0.2) is 29.3 Å². The van der Waals surface area contributed by atoms with Gasteiger partial charge in [-0.3, -0.25) is 14.5 Å². The number of hydrogen-bond acceptors (Lipinski definition) is 6. The van der Waals surface area contributed by atoms with Crippen molar-refractivity contribution in [3.8, 4) is 0 Å². The molecule has 0 N–H and O–H groups in total. The van der Waals surface area contributed by atoms with Crippen LogP contribution in [0.3, 0.4) is 0 Å². The van der Waals surface area contributed by atoms with Crippen molar-refractivity contribution in [2.24, 2.45) is 28.2 Å². The number of esters is 1. The maximum absolute atomic E-state index is 13.4. The zero-order valence-electron chi connectivity index (χ0n) is 21.1. The van der Waals surface area contributed by atoms with Gasteiger partial charge in [-0.05, 0) is 98.8 Å². The fraction of sp³-hybridized carbons (Fsp3) is 0.679. The van der Waals surface area contributed by atoms with Crippen molar-refractivity contribution in [1.29, 1.82) is 0 Å². The summed E-state index contributed by atoms with van der Waals surface area (Å²) in [5, 5.41) is 0.629. The first-order chi connectivity index (χ1) is 17.4. The molecule has 1 unspecified atom stereocenters. The van der Waals surface area contributed by atoms with Crippen molar-refractivity contribution in [1.82, 2.24) is 4.90 Å². The molecular formula is C28H37ClN2O4S. The van der Waals surface area contributed by atoms with Crippen molar-refractivity contribution in [2.75, 3.05) is 26.4 Å². The number of thioether (sulfide) groups is 1. The molecule has 8 heteroatoms. The molecule has 1 aromatic carbocycles. The topological polar surface area (TPSA) is 68.2 Å². The number of carbonyl (C=O) groups excluding carboxylic acids is 2. The van der Waals surface area contributed by atoms with Crippen molar-refractivity contribution < 1.29 is 19.1 Å². The van der Waals surface area contributed by atoms with Gasteiger partial charge >= 0.3 is 5.97 Å². The van der Waals surface area contributed by atoms with Crippen LogP contribution >= 0.6 is 23.4 Å². The molecule has 1 saturated heterocycles. The molecule has 4 aliphatic carbocycles. The normalized spacial score (nSPS) is 32.3. The van der Waals surface area contributed by atoms with Crippen LogP contribution in [0.5, 0.6) is 0 Å². The zero-order valence-corrected chi connectivity index (χ0v) is 22.7. The minimum Gasteiger partial charge on any atom is -0.462 e.